The maximum Gasteiger partial charge on any atom is 0.335 e. The molecule has 0 unspecified atom stereocenters. The van der Waals surface area contributed by atoms with E-state index in [0.717, 1.165) is 10.5 Å². The summed E-state index contributed by atoms with van der Waals surface area (Å²) in [5, 5.41) is 5.29. The van der Waals surface area contributed by atoms with E-state index in [-0.39, 0.29) is 33.8 Å². The normalized spacial score (nSPS) is 14.5. The Kier molecular flexibility index (Phi) is 8.57. The number of urea groups is 1. The third kappa shape index (κ3) is 6.27. The topological polar surface area (TPSA) is 105 Å². The number of hydrogen-bond donors (Lipinski definition) is 2. The van der Waals surface area contributed by atoms with Gasteiger partial charge in [0.1, 0.15) is 11.3 Å². The lowest BCUT2D eigenvalue weighted by Gasteiger charge is -2.26. The van der Waals surface area contributed by atoms with Crippen molar-refractivity contribution >= 4 is 96.3 Å². The third-order valence-corrected chi connectivity index (χ3v) is 7.19. The number of amides is 5. The van der Waals surface area contributed by atoms with Gasteiger partial charge in [0.05, 0.1) is 24.7 Å². The van der Waals surface area contributed by atoms with Crippen LogP contribution >= 0.6 is 55.1 Å². The van der Waals surface area contributed by atoms with Crippen molar-refractivity contribution in [3.05, 3.63) is 90.3 Å². The lowest BCUT2D eigenvalue weighted by atomic mass is 10.1. The molecule has 3 aromatic carbocycles. The zero-order valence-electron chi connectivity index (χ0n) is 19.5. The smallest absolute Gasteiger partial charge is 0.335 e. The number of barbiturate groups is 1. The van der Waals surface area contributed by atoms with Crippen molar-refractivity contribution in [1.82, 2.24) is 5.32 Å². The summed E-state index contributed by atoms with van der Waals surface area (Å²) >= 11 is 18.8. The van der Waals surface area contributed by atoms with E-state index in [9.17, 15) is 19.2 Å². The van der Waals surface area contributed by atoms with Crippen LogP contribution in [-0.4, -0.2) is 30.4 Å². The molecule has 5 amide bonds. The van der Waals surface area contributed by atoms with Crippen molar-refractivity contribution in [2.45, 2.75) is 6.92 Å². The highest BCUT2D eigenvalue weighted by Gasteiger charge is 2.37. The zero-order valence-corrected chi connectivity index (χ0v) is 24.2. The maximum atomic E-state index is 13.1. The van der Waals surface area contributed by atoms with Crippen LogP contribution in [0.15, 0.2) is 69.1 Å². The fourth-order valence-electron chi connectivity index (χ4n) is 3.46. The number of benzene rings is 3. The summed E-state index contributed by atoms with van der Waals surface area (Å²) in [5.74, 6) is -1.69. The molecule has 1 fully saturated rings. The summed E-state index contributed by atoms with van der Waals surface area (Å²) in [7, 11) is 0. The molecule has 2 N–H and O–H groups in total. The predicted octanol–water partition coefficient (Wildman–Crippen LogP) is 6.51. The lowest BCUT2D eigenvalue weighted by molar-refractivity contribution is -0.122. The number of halogens is 4. The van der Waals surface area contributed by atoms with Crippen molar-refractivity contribution in [3.63, 3.8) is 0 Å². The van der Waals surface area contributed by atoms with Crippen molar-refractivity contribution in [3.8, 4) is 5.75 Å². The predicted molar refractivity (Wildman–Crippen MR) is 153 cm³/mol. The van der Waals surface area contributed by atoms with Gasteiger partial charge in [-0.15, -0.1) is 0 Å². The van der Waals surface area contributed by atoms with Crippen LogP contribution in [0.3, 0.4) is 0 Å². The summed E-state index contributed by atoms with van der Waals surface area (Å²) in [4.78, 5) is 51.2. The van der Waals surface area contributed by atoms with Gasteiger partial charge in [-0.1, -0.05) is 40.9 Å². The lowest BCUT2D eigenvalue weighted by Crippen LogP contribution is -2.54. The largest absolute Gasteiger partial charge is 0.481 e. The van der Waals surface area contributed by atoms with Gasteiger partial charge < -0.3 is 10.1 Å². The van der Waals surface area contributed by atoms with Crippen LogP contribution in [0, 0.1) is 6.92 Å². The van der Waals surface area contributed by atoms with E-state index in [0.29, 0.717) is 25.9 Å². The van der Waals surface area contributed by atoms with Crippen LogP contribution in [0.2, 0.25) is 10.0 Å². The van der Waals surface area contributed by atoms with Crippen LogP contribution in [0.5, 0.6) is 5.75 Å². The van der Waals surface area contributed by atoms with Crippen LogP contribution in [0.4, 0.5) is 16.2 Å². The molecule has 0 aliphatic carbocycles. The highest BCUT2D eigenvalue weighted by atomic mass is 79.9. The molecule has 0 aromatic heterocycles. The molecule has 194 valence electrons. The molecule has 1 aliphatic rings. The second-order valence-corrected chi connectivity index (χ2v) is 10.6. The number of ether oxygens (including phenoxy) is 1. The Hall–Kier alpha value is -3.18. The molecule has 0 atom stereocenters. The van der Waals surface area contributed by atoms with Crippen LogP contribution in [0.25, 0.3) is 6.08 Å². The number of rotatable bonds is 6. The first-order chi connectivity index (χ1) is 18.0. The van der Waals surface area contributed by atoms with Gasteiger partial charge in [-0.2, -0.15) is 0 Å². The molecule has 4 rings (SSSR count). The van der Waals surface area contributed by atoms with Gasteiger partial charge in [-0.25, -0.2) is 9.69 Å². The van der Waals surface area contributed by atoms with Gasteiger partial charge in [0, 0.05) is 5.69 Å². The van der Waals surface area contributed by atoms with Crippen molar-refractivity contribution in [1.29, 1.82) is 0 Å². The Morgan fingerprint density at radius 3 is 2.29 bits per heavy atom. The second-order valence-electron chi connectivity index (χ2n) is 8.07. The van der Waals surface area contributed by atoms with Gasteiger partial charge >= 0.3 is 6.03 Å². The van der Waals surface area contributed by atoms with Gasteiger partial charge in [-0.05, 0) is 92.9 Å². The van der Waals surface area contributed by atoms with Gasteiger partial charge in [0.15, 0.2) is 6.61 Å². The molecule has 0 saturated carbocycles. The minimum Gasteiger partial charge on any atom is -0.481 e. The molecule has 3 aromatic rings. The monoisotopic (exact) mass is 679 g/mol. The molecule has 8 nitrogen and oxygen atoms in total. The average Bonchev–Trinajstić information content (AvgIpc) is 2.85. The van der Waals surface area contributed by atoms with E-state index < -0.39 is 17.8 Å². The summed E-state index contributed by atoms with van der Waals surface area (Å²) in [6, 6.07) is 13.9. The van der Waals surface area contributed by atoms with E-state index in [4.69, 9.17) is 27.9 Å². The highest BCUT2D eigenvalue weighted by Crippen LogP contribution is 2.36. The first kappa shape index (κ1) is 27.8. The maximum absolute atomic E-state index is 13.1. The Balaban J connectivity index is 1.53. The van der Waals surface area contributed by atoms with Crippen molar-refractivity contribution in [2.24, 2.45) is 0 Å². The molecule has 1 heterocycles. The molecule has 1 aliphatic heterocycles. The summed E-state index contributed by atoms with van der Waals surface area (Å²) in [6.07, 6.45) is 1.33. The SMILES string of the molecule is Cc1ccc(NC(=O)COc2c(Br)cc(/C=C3\C(=O)NC(=O)N(c4ccc(Cl)c(Cl)c4)C3=O)cc2Br)cc1. The van der Waals surface area contributed by atoms with E-state index in [1.54, 1.807) is 24.3 Å². The number of nitrogens with one attached hydrogen (secondary N) is 2. The summed E-state index contributed by atoms with van der Waals surface area (Å²) < 4.78 is 6.60. The number of anilines is 2. The number of carbonyl (C=O) groups excluding carboxylic acids is 4. The summed E-state index contributed by atoms with van der Waals surface area (Å²) in [6.45, 7) is 1.69. The van der Waals surface area contributed by atoms with Gasteiger partial charge in [-0.3, -0.25) is 19.7 Å². The quantitative estimate of drug-likeness (QED) is 0.228. The molecule has 12 heteroatoms. The van der Waals surface area contributed by atoms with Crippen molar-refractivity contribution < 1.29 is 23.9 Å². The second kappa shape index (κ2) is 11.7. The number of nitrogens with zero attached hydrogens (tertiary/aromatic N) is 1. The Morgan fingerprint density at radius 1 is 1.00 bits per heavy atom. The molecule has 38 heavy (non-hydrogen) atoms. The molecular weight excluding hydrogens is 665 g/mol. The number of carbonyl (C=O) groups is 4. The molecule has 1 saturated heterocycles. The number of imide groups is 2. The fraction of sp³-hybridized carbons (Fsp3) is 0.0769. The molecular formula is C26H17Br2Cl2N3O5. The molecule has 0 radical (unpaired) electrons. The van der Waals surface area contributed by atoms with Crippen LogP contribution < -0.4 is 20.3 Å². The van der Waals surface area contributed by atoms with Gasteiger partial charge in [0.2, 0.25) is 0 Å². The molecule has 0 bridgehead atoms. The Morgan fingerprint density at radius 2 is 1.66 bits per heavy atom. The Bertz CT molecular complexity index is 1490. The van der Waals surface area contributed by atoms with Crippen LogP contribution in [-0.2, 0) is 14.4 Å². The fourth-order valence-corrected chi connectivity index (χ4v) is 5.20. The first-order valence-corrected chi connectivity index (χ1v) is 13.2. The van der Waals surface area contributed by atoms with Crippen LogP contribution in [0.1, 0.15) is 11.1 Å². The third-order valence-electron chi connectivity index (χ3n) is 5.28. The van der Waals surface area contributed by atoms with E-state index in [2.05, 4.69) is 42.5 Å². The van der Waals surface area contributed by atoms with Gasteiger partial charge in [0.25, 0.3) is 17.7 Å². The molecule has 0 spiro atoms. The van der Waals surface area contributed by atoms with Crippen molar-refractivity contribution in [2.75, 3.05) is 16.8 Å². The van der Waals surface area contributed by atoms with E-state index in [1.807, 2.05) is 19.1 Å². The highest BCUT2D eigenvalue weighted by molar-refractivity contribution is 9.11. The zero-order chi connectivity index (χ0) is 27.6. The first-order valence-electron chi connectivity index (χ1n) is 10.9. The number of hydrogen-bond acceptors (Lipinski definition) is 5. The standard InChI is InChI=1S/C26H17Br2Cl2N3O5/c1-13-2-4-15(5-3-13)31-22(34)12-38-23-18(27)9-14(10-19(23)28)8-17-24(35)32-26(37)33(25(17)36)16-6-7-20(29)21(30)11-16/h2-11H,12H2,1H3,(H,31,34)(H,32,35,37)/b17-8+. The minimum absolute atomic E-state index is 0.142. The summed E-state index contributed by atoms with van der Waals surface area (Å²) in [5.41, 5.74) is 2.04. The minimum atomic E-state index is -0.912. The van der Waals surface area contributed by atoms with E-state index in [1.165, 1.54) is 24.3 Å². The average molecular weight is 682 g/mol. The Labute approximate surface area is 244 Å². The number of aryl methyl sites for hydroxylation is 1. The van der Waals surface area contributed by atoms with E-state index >= 15 is 0 Å².